The summed E-state index contributed by atoms with van der Waals surface area (Å²) in [5.41, 5.74) is 11.3. The lowest BCUT2D eigenvalue weighted by atomic mass is 9.93. The summed E-state index contributed by atoms with van der Waals surface area (Å²) in [7, 11) is 0. The van der Waals surface area contributed by atoms with Gasteiger partial charge in [-0.3, -0.25) is 0 Å². The number of para-hydroxylation sites is 1. The smallest absolute Gasteiger partial charge is 0.164 e. The summed E-state index contributed by atoms with van der Waals surface area (Å²) < 4.78 is 6.32. The van der Waals surface area contributed by atoms with E-state index in [2.05, 4.69) is 164 Å². The molecular formula is C53H33N3O. The van der Waals surface area contributed by atoms with E-state index in [4.69, 9.17) is 19.4 Å². The number of hydrogen-bond donors (Lipinski definition) is 0. The van der Waals surface area contributed by atoms with E-state index in [0.717, 1.165) is 65.9 Å². The normalized spacial score (nSPS) is 11.5. The maximum atomic E-state index is 6.32. The van der Waals surface area contributed by atoms with Gasteiger partial charge in [-0.05, 0) is 97.4 Å². The van der Waals surface area contributed by atoms with Gasteiger partial charge in [0, 0.05) is 27.5 Å². The Morgan fingerprint density at radius 1 is 0.281 bits per heavy atom. The van der Waals surface area contributed by atoms with Gasteiger partial charge < -0.3 is 4.42 Å². The first-order valence-electron chi connectivity index (χ1n) is 19.2. The highest BCUT2D eigenvalue weighted by molar-refractivity contribution is 6.12. The molecule has 4 nitrogen and oxygen atoms in total. The Kier molecular flexibility index (Phi) is 7.78. The van der Waals surface area contributed by atoms with E-state index in [1.807, 2.05) is 36.4 Å². The molecule has 4 heteroatoms. The fraction of sp³-hybridized carbons (Fsp3) is 0. The Hall–Kier alpha value is -7.69. The molecule has 0 aliphatic heterocycles. The van der Waals surface area contributed by atoms with Gasteiger partial charge in [0.1, 0.15) is 11.2 Å². The van der Waals surface area contributed by atoms with Crippen molar-refractivity contribution in [2.24, 2.45) is 0 Å². The SMILES string of the molecule is c1ccc(-c2cccc(-c3cc(-c4nc(-c5ccc6cc(-c7ccccc7)ccc6c5)nc(-c5cccc6oc7ccccc7c56)n4)cc4ccccc34)c2)cc1. The lowest BCUT2D eigenvalue weighted by molar-refractivity contribution is 0.669. The van der Waals surface area contributed by atoms with Gasteiger partial charge in [-0.15, -0.1) is 0 Å². The molecule has 0 aliphatic carbocycles. The largest absolute Gasteiger partial charge is 0.456 e. The fourth-order valence-electron chi connectivity index (χ4n) is 8.09. The summed E-state index contributed by atoms with van der Waals surface area (Å²) in [4.78, 5) is 15.8. The monoisotopic (exact) mass is 727 g/mol. The zero-order valence-corrected chi connectivity index (χ0v) is 30.8. The molecular weight excluding hydrogens is 695 g/mol. The predicted molar refractivity (Wildman–Crippen MR) is 235 cm³/mol. The van der Waals surface area contributed by atoms with Crippen LogP contribution in [0.4, 0.5) is 0 Å². The van der Waals surface area contributed by atoms with E-state index >= 15 is 0 Å². The molecule has 11 aromatic rings. The Balaban J connectivity index is 1.12. The van der Waals surface area contributed by atoms with Crippen molar-refractivity contribution in [2.45, 2.75) is 0 Å². The van der Waals surface area contributed by atoms with Crippen LogP contribution in [0.25, 0.3) is 111 Å². The predicted octanol–water partition coefficient (Wildman–Crippen LogP) is 14.1. The molecule has 0 fully saturated rings. The lowest BCUT2D eigenvalue weighted by Gasteiger charge is -2.14. The van der Waals surface area contributed by atoms with Crippen molar-refractivity contribution < 1.29 is 4.42 Å². The topological polar surface area (TPSA) is 51.8 Å². The first kappa shape index (κ1) is 32.7. The molecule has 57 heavy (non-hydrogen) atoms. The maximum absolute atomic E-state index is 6.32. The van der Waals surface area contributed by atoms with Crippen molar-refractivity contribution in [3.63, 3.8) is 0 Å². The second-order valence-electron chi connectivity index (χ2n) is 14.4. The highest BCUT2D eigenvalue weighted by Crippen LogP contribution is 2.39. The lowest BCUT2D eigenvalue weighted by Crippen LogP contribution is -2.01. The van der Waals surface area contributed by atoms with Crippen molar-refractivity contribution in [1.82, 2.24) is 15.0 Å². The third-order valence-electron chi connectivity index (χ3n) is 10.9. The minimum absolute atomic E-state index is 0.590. The summed E-state index contributed by atoms with van der Waals surface area (Å²) in [5.74, 6) is 1.80. The standard InChI is InChI=1S/C53H33N3O/c1-3-13-34(14-4-1)36-18-11-19-41(30-36)47-33-43(32-40-17-7-8-20-44(40)47)52-54-51(42-28-27-38-29-37(25-26-39(38)31-42)35-15-5-2-6-16-35)55-53(56-52)46-22-12-24-49-50(46)45-21-9-10-23-48(45)57-49/h1-33H. The molecule has 0 N–H and O–H groups in total. The van der Waals surface area contributed by atoms with Crippen LogP contribution in [0.3, 0.4) is 0 Å². The Labute approximate surface area is 329 Å². The highest BCUT2D eigenvalue weighted by atomic mass is 16.3. The Morgan fingerprint density at radius 2 is 0.825 bits per heavy atom. The summed E-state index contributed by atoms with van der Waals surface area (Å²) >= 11 is 0. The molecule has 0 unspecified atom stereocenters. The summed E-state index contributed by atoms with van der Waals surface area (Å²) in [6.07, 6.45) is 0. The Bertz CT molecular complexity index is 3300. The molecule has 11 rings (SSSR count). The number of nitrogens with zero attached hydrogens (tertiary/aromatic N) is 3. The molecule has 0 aliphatic rings. The molecule has 0 atom stereocenters. The average molecular weight is 728 g/mol. The van der Waals surface area contributed by atoms with Crippen LogP contribution in [0.15, 0.2) is 205 Å². The number of hydrogen-bond acceptors (Lipinski definition) is 4. The van der Waals surface area contributed by atoms with Crippen molar-refractivity contribution in [3.8, 4) is 67.5 Å². The number of fused-ring (bicyclic) bond motifs is 5. The second kappa shape index (κ2) is 13.6. The molecule has 0 amide bonds. The molecule has 0 spiro atoms. The second-order valence-corrected chi connectivity index (χ2v) is 14.4. The van der Waals surface area contributed by atoms with E-state index in [0.29, 0.717) is 17.5 Å². The number of aromatic nitrogens is 3. The van der Waals surface area contributed by atoms with Crippen LogP contribution in [-0.4, -0.2) is 15.0 Å². The number of benzene rings is 9. The van der Waals surface area contributed by atoms with Gasteiger partial charge in [-0.25, -0.2) is 15.0 Å². The molecule has 2 heterocycles. The quantitative estimate of drug-likeness (QED) is 0.171. The summed E-state index contributed by atoms with van der Waals surface area (Å²) in [6, 6.07) is 70.1. The van der Waals surface area contributed by atoms with Crippen molar-refractivity contribution in [3.05, 3.63) is 200 Å². The van der Waals surface area contributed by atoms with Gasteiger partial charge in [0.2, 0.25) is 0 Å². The highest BCUT2D eigenvalue weighted by Gasteiger charge is 2.19. The first-order chi connectivity index (χ1) is 28.2. The molecule has 266 valence electrons. The van der Waals surface area contributed by atoms with E-state index in [1.165, 1.54) is 27.6 Å². The van der Waals surface area contributed by atoms with Crippen LogP contribution in [0, 0.1) is 0 Å². The zero-order chi connectivity index (χ0) is 37.7. The van der Waals surface area contributed by atoms with E-state index in [9.17, 15) is 0 Å². The van der Waals surface area contributed by atoms with Gasteiger partial charge in [0.05, 0.1) is 0 Å². The van der Waals surface area contributed by atoms with Crippen LogP contribution in [0.5, 0.6) is 0 Å². The fourth-order valence-corrected chi connectivity index (χ4v) is 8.09. The molecule has 0 saturated heterocycles. The molecule has 9 aromatic carbocycles. The van der Waals surface area contributed by atoms with Gasteiger partial charge in [0.15, 0.2) is 17.5 Å². The van der Waals surface area contributed by atoms with Crippen molar-refractivity contribution >= 4 is 43.5 Å². The van der Waals surface area contributed by atoms with Crippen LogP contribution in [-0.2, 0) is 0 Å². The van der Waals surface area contributed by atoms with Crippen LogP contribution >= 0.6 is 0 Å². The molecule has 0 radical (unpaired) electrons. The van der Waals surface area contributed by atoms with E-state index < -0.39 is 0 Å². The summed E-state index contributed by atoms with van der Waals surface area (Å²) in [5, 5.41) is 6.56. The molecule has 2 aromatic heterocycles. The van der Waals surface area contributed by atoms with Gasteiger partial charge >= 0.3 is 0 Å². The van der Waals surface area contributed by atoms with Gasteiger partial charge in [-0.1, -0.05) is 158 Å². The molecule has 0 bridgehead atoms. The minimum Gasteiger partial charge on any atom is -0.456 e. The van der Waals surface area contributed by atoms with Crippen LogP contribution in [0.2, 0.25) is 0 Å². The van der Waals surface area contributed by atoms with E-state index in [1.54, 1.807) is 0 Å². The maximum Gasteiger partial charge on any atom is 0.164 e. The van der Waals surface area contributed by atoms with Crippen LogP contribution in [0.1, 0.15) is 0 Å². The molecule has 0 saturated carbocycles. The first-order valence-corrected chi connectivity index (χ1v) is 19.2. The van der Waals surface area contributed by atoms with Crippen molar-refractivity contribution in [1.29, 1.82) is 0 Å². The number of rotatable bonds is 6. The van der Waals surface area contributed by atoms with Crippen molar-refractivity contribution in [2.75, 3.05) is 0 Å². The third-order valence-corrected chi connectivity index (χ3v) is 10.9. The average Bonchev–Trinajstić information content (AvgIpc) is 3.68. The zero-order valence-electron chi connectivity index (χ0n) is 30.8. The van der Waals surface area contributed by atoms with Crippen LogP contribution < -0.4 is 0 Å². The van der Waals surface area contributed by atoms with Gasteiger partial charge in [0.25, 0.3) is 0 Å². The Morgan fingerprint density at radius 3 is 1.61 bits per heavy atom. The minimum atomic E-state index is 0.590. The van der Waals surface area contributed by atoms with Gasteiger partial charge in [-0.2, -0.15) is 0 Å². The van der Waals surface area contributed by atoms with E-state index in [-0.39, 0.29) is 0 Å². The third kappa shape index (κ3) is 5.92. The number of furan rings is 1. The summed E-state index contributed by atoms with van der Waals surface area (Å²) in [6.45, 7) is 0.